The standard InChI is InChI=1S/C19H25N3O4S/c1-13-12-27-17(20-13)11-21-5-7-22(8-6-21)19(23)14-9-15(24-2)18(26-4)16(10-14)25-3/h9-10,12H,5-8,11H2,1-4H3. The number of carbonyl (C=O) groups is 1. The maximum absolute atomic E-state index is 12.9. The summed E-state index contributed by atoms with van der Waals surface area (Å²) in [6.45, 7) is 5.86. The van der Waals surface area contributed by atoms with Gasteiger partial charge in [0.05, 0.1) is 27.9 Å². The summed E-state index contributed by atoms with van der Waals surface area (Å²) < 4.78 is 16.0. The van der Waals surface area contributed by atoms with Gasteiger partial charge < -0.3 is 19.1 Å². The van der Waals surface area contributed by atoms with E-state index in [0.29, 0.717) is 35.9 Å². The molecular formula is C19H25N3O4S. The smallest absolute Gasteiger partial charge is 0.254 e. The summed E-state index contributed by atoms with van der Waals surface area (Å²) in [5.74, 6) is 1.43. The van der Waals surface area contributed by atoms with Crippen molar-refractivity contribution in [2.24, 2.45) is 0 Å². The number of benzene rings is 1. The summed E-state index contributed by atoms with van der Waals surface area (Å²) >= 11 is 1.69. The topological polar surface area (TPSA) is 64.1 Å². The van der Waals surface area contributed by atoms with E-state index in [2.05, 4.69) is 15.3 Å². The number of amides is 1. The van der Waals surface area contributed by atoms with E-state index in [4.69, 9.17) is 14.2 Å². The van der Waals surface area contributed by atoms with Crippen LogP contribution in [0, 0.1) is 6.92 Å². The number of nitrogens with zero attached hydrogens (tertiary/aromatic N) is 3. The number of hydrogen-bond donors (Lipinski definition) is 0. The van der Waals surface area contributed by atoms with E-state index in [-0.39, 0.29) is 5.91 Å². The monoisotopic (exact) mass is 391 g/mol. The Bertz CT molecular complexity index is 775. The average molecular weight is 391 g/mol. The van der Waals surface area contributed by atoms with Gasteiger partial charge in [-0.15, -0.1) is 11.3 Å². The van der Waals surface area contributed by atoms with Crippen molar-refractivity contribution in [3.05, 3.63) is 33.8 Å². The first-order valence-electron chi connectivity index (χ1n) is 8.78. The van der Waals surface area contributed by atoms with E-state index >= 15 is 0 Å². The summed E-state index contributed by atoms with van der Waals surface area (Å²) in [6, 6.07) is 3.41. The first-order valence-corrected chi connectivity index (χ1v) is 9.66. The Hall–Kier alpha value is -2.32. The number of methoxy groups -OCH3 is 3. The van der Waals surface area contributed by atoms with E-state index in [9.17, 15) is 4.79 Å². The van der Waals surface area contributed by atoms with Gasteiger partial charge in [-0.25, -0.2) is 4.98 Å². The van der Waals surface area contributed by atoms with Gasteiger partial charge in [0.15, 0.2) is 11.5 Å². The average Bonchev–Trinajstić information content (AvgIpc) is 3.11. The molecule has 27 heavy (non-hydrogen) atoms. The molecule has 1 aliphatic heterocycles. The van der Waals surface area contributed by atoms with Gasteiger partial charge in [-0.2, -0.15) is 0 Å². The molecule has 1 saturated heterocycles. The highest BCUT2D eigenvalue weighted by molar-refractivity contribution is 7.09. The fraction of sp³-hybridized carbons (Fsp3) is 0.474. The van der Waals surface area contributed by atoms with Crippen molar-refractivity contribution in [2.75, 3.05) is 47.5 Å². The van der Waals surface area contributed by atoms with Crippen LogP contribution in [0.25, 0.3) is 0 Å². The Labute approximate surface area is 163 Å². The lowest BCUT2D eigenvalue weighted by molar-refractivity contribution is 0.0627. The number of piperazine rings is 1. The molecule has 0 aliphatic carbocycles. The predicted octanol–water partition coefficient (Wildman–Crippen LogP) is 2.44. The number of carbonyl (C=O) groups excluding carboxylic acids is 1. The lowest BCUT2D eigenvalue weighted by Crippen LogP contribution is -2.48. The molecular weight excluding hydrogens is 366 g/mol. The van der Waals surface area contributed by atoms with Gasteiger partial charge >= 0.3 is 0 Å². The van der Waals surface area contributed by atoms with Crippen LogP contribution in [0.2, 0.25) is 0 Å². The summed E-state index contributed by atoms with van der Waals surface area (Å²) in [4.78, 5) is 21.7. The third kappa shape index (κ3) is 4.33. The predicted molar refractivity (Wildman–Crippen MR) is 104 cm³/mol. The second-order valence-corrected chi connectivity index (χ2v) is 7.31. The van der Waals surface area contributed by atoms with Crippen molar-refractivity contribution in [1.29, 1.82) is 0 Å². The second kappa shape index (κ2) is 8.58. The minimum atomic E-state index is -0.0287. The van der Waals surface area contributed by atoms with Gasteiger partial charge in [0.1, 0.15) is 5.01 Å². The Balaban J connectivity index is 1.67. The summed E-state index contributed by atoms with van der Waals surface area (Å²) in [5, 5.41) is 3.19. The van der Waals surface area contributed by atoms with Crippen molar-refractivity contribution in [3.8, 4) is 17.2 Å². The zero-order valence-corrected chi connectivity index (χ0v) is 17.0. The fourth-order valence-corrected chi connectivity index (χ4v) is 3.98. The summed E-state index contributed by atoms with van der Waals surface area (Å²) in [7, 11) is 4.64. The molecule has 0 bridgehead atoms. The molecule has 0 unspecified atom stereocenters. The highest BCUT2D eigenvalue weighted by Gasteiger charge is 2.25. The van der Waals surface area contributed by atoms with Crippen LogP contribution in [0.5, 0.6) is 17.2 Å². The van der Waals surface area contributed by atoms with E-state index in [1.165, 1.54) is 0 Å². The number of rotatable bonds is 6. The third-order valence-corrected chi connectivity index (χ3v) is 5.55. The summed E-state index contributed by atoms with van der Waals surface area (Å²) in [6.07, 6.45) is 0. The molecule has 1 aliphatic rings. The van der Waals surface area contributed by atoms with E-state index in [1.54, 1.807) is 44.8 Å². The van der Waals surface area contributed by atoms with Gasteiger partial charge in [0.2, 0.25) is 5.75 Å². The normalized spacial score (nSPS) is 14.9. The molecule has 0 N–H and O–H groups in total. The van der Waals surface area contributed by atoms with E-state index < -0.39 is 0 Å². The van der Waals surface area contributed by atoms with Crippen LogP contribution < -0.4 is 14.2 Å². The van der Waals surface area contributed by atoms with Crippen LogP contribution in [0.4, 0.5) is 0 Å². The first kappa shape index (κ1) is 19.4. The maximum Gasteiger partial charge on any atom is 0.254 e. The molecule has 2 heterocycles. The number of aryl methyl sites for hydroxylation is 1. The molecule has 0 saturated carbocycles. The molecule has 1 aromatic heterocycles. The van der Waals surface area contributed by atoms with Crippen molar-refractivity contribution in [1.82, 2.24) is 14.8 Å². The van der Waals surface area contributed by atoms with Gasteiger partial charge in [-0.05, 0) is 19.1 Å². The number of aromatic nitrogens is 1. The van der Waals surface area contributed by atoms with Crippen molar-refractivity contribution < 1.29 is 19.0 Å². The number of thiazole rings is 1. The minimum absolute atomic E-state index is 0.0287. The SMILES string of the molecule is COc1cc(C(=O)N2CCN(Cc3nc(C)cs3)CC2)cc(OC)c1OC. The van der Waals surface area contributed by atoms with E-state index in [1.807, 2.05) is 11.8 Å². The molecule has 0 atom stereocenters. The van der Waals surface area contributed by atoms with Crippen LogP contribution in [-0.4, -0.2) is 68.2 Å². The number of hydrogen-bond acceptors (Lipinski definition) is 7. The molecule has 0 radical (unpaired) electrons. The Morgan fingerprint density at radius 3 is 2.19 bits per heavy atom. The maximum atomic E-state index is 12.9. The Kier molecular flexibility index (Phi) is 6.18. The Morgan fingerprint density at radius 1 is 1.07 bits per heavy atom. The fourth-order valence-electron chi connectivity index (χ4n) is 3.16. The highest BCUT2D eigenvalue weighted by Crippen LogP contribution is 2.38. The lowest BCUT2D eigenvalue weighted by atomic mass is 10.1. The van der Waals surface area contributed by atoms with Crippen LogP contribution >= 0.6 is 11.3 Å². The Morgan fingerprint density at radius 2 is 1.70 bits per heavy atom. The highest BCUT2D eigenvalue weighted by atomic mass is 32.1. The molecule has 8 heteroatoms. The molecule has 0 spiro atoms. The molecule has 1 aromatic carbocycles. The summed E-state index contributed by atoms with van der Waals surface area (Å²) in [5.41, 5.74) is 1.60. The largest absolute Gasteiger partial charge is 0.493 e. The van der Waals surface area contributed by atoms with Crippen molar-refractivity contribution >= 4 is 17.2 Å². The molecule has 2 aromatic rings. The van der Waals surface area contributed by atoms with Gasteiger partial charge in [0.25, 0.3) is 5.91 Å². The van der Waals surface area contributed by atoms with Gasteiger partial charge in [-0.1, -0.05) is 0 Å². The van der Waals surface area contributed by atoms with Gasteiger partial charge in [0, 0.05) is 42.8 Å². The molecule has 7 nitrogen and oxygen atoms in total. The molecule has 1 amide bonds. The minimum Gasteiger partial charge on any atom is -0.493 e. The van der Waals surface area contributed by atoms with Crippen LogP contribution in [0.15, 0.2) is 17.5 Å². The van der Waals surface area contributed by atoms with Crippen LogP contribution in [-0.2, 0) is 6.54 Å². The zero-order valence-electron chi connectivity index (χ0n) is 16.2. The van der Waals surface area contributed by atoms with Crippen LogP contribution in [0.1, 0.15) is 21.1 Å². The third-order valence-electron chi connectivity index (χ3n) is 4.60. The molecule has 1 fully saturated rings. The molecule has 3 rings (SSSR count). The van der Waals surface area contributed by atoms with Crippen LogP contribution in [0.3, 0.4) is 0 Å². The number of ether oxygens (including phenoxy) is 3. The van der Waals surface area contributed by atoms with Crippen molar-refractivity contribution in [2.45, 2.75) is 13.5 Å². The first-order chi connectivity index (χ1) is 13.0. The van der Waals surface area contributed by atoms with Gasteiger partial charge in [-0.3, -0.25) is 9.69 Å². The van der Waals surface area contributed by atoms with E-state index in [0.717, 1.165) is 30.3 Å². The second-order valence-electron chi connectivity index (χ2n) is 6.36. The zero-order chi connectivity index (χ0) is 19.4. The lowest BCUT2D eigenvalue weighted by Gasteiger charge is -2.34. The molecule has 146 valence electrons. The quantitative estimate of drug-likeness (QED) is 0.754. The van der Waals surface area contributed by atoms with Crippen molar-refractivity contribution in [3.63, 3.8) is 0 Å².